The number of allylic oxidation sites excluding steroid dienone is 4. The highest BCUT2D eigenvalue weighted by Crippen LogP contribution is 2.28. The molecule has 1 aromatic carbocycles. The van der Waals surface area contributed by atoms with E-state index in [0.717, 1.165) is 0 Å². The molecule has 0 amide bonds. The molecule has 0 bridgehead atoms. The molecule has 2 rings (SSSR count). The second-order valence-corrected chi connectivity index (χ2v) is 3.64. The first-order valence-electron chi connectivity index (χ1n) is 4.91. The number of benzene rings is 1. The van der Waals surface area contributed by atoms with E-state index >= 15 is 0 Å². The molecule has 70 valence electrons. The molecule has 0 spiro atoms. The molecule has 0 heteroatoms. The van der Waals surface area contributed by atoms with Crippen molar-refractivity contribution >= 4 is 6.08 Å². The minimum atomic E-state index is 0.410. The Bertz CT molecular complexity index is 408. The van der Waals surface area contributed by atoms with Crippen LogP contribution in [0, 0.1) is 0 Å². The predicted octanol–water partition coefficient (Wildman–Crippen LogP) is 3.93. The summed E-state index contributed by atoms with van der Waals surface area (Å²) in [6.07, 6.45) is 8.34. The molecule has 0 saturated carbocycles. The molecule has 0 aliphatic heterocycles. The van der Waals surface area contributed by atoms with Crippen molar-refractivity contribution in [1.29, 1.82) is 0 Å². The van der Waals surface area contributed by atoms with Gasteiger partial charge in [0.25, 0.3) is 0 Å². The van der Waals surface area contributed by atoms with E-state index in [0.29, 0.717) is 5.92 Å². The van der Waals surface area contributed by atoms with Gasteiger partial charge in [0.2, 0.25) is 0 Å². The Labute approximate surface area is 85.3 Å². The third kappa shape index (κ3) is 1.56. The molecule has 1 aliphatic rings. The van der Waals surface area contributed by atoms with E-state index in [9.17, 15) is 0 Å². The molecule has 1 unspecified atom stereocenters. The first-order chi connectivity index (χ1) is 6.79. The van der Waals surface area contributed by atoms with Crippen LogP contribution in [0.2, 0.25) is 0 Å². The smallest absolute Gasteiger partial charge is 0.00610 e. The average molecular weight is 182 g/mol. The van der Waals surface area contributed by atoms with E-state index in [-0.39, 0.29) is 0 Å². The van der Waals surface area contributed by atoms with Crippen molar-refractivity contribution in [3.63, 3.8) is 0 Å². The summed E-state index contributed by atoms with van der Waals surface area (Å²) in [5.74, 6) is 0.410. The molecule has 1 aliphatic carbocycles. The van der Waals surface area contributed by atoms with Crippen molar-refractivity contribution in [3.05, 3.63) is 65.8 Å². The third-order valence-corrected chi connectivity index (χ3v) is 2.72. The Morgan fingerprint density at radius 1 is 1.07 bits per heavy atom. The second-order valence-electron chi connectivity index (χ2n) is 3.64. The summed E-state index contributed by atoms with van der Waals surface area (Å²) in [7, 11) is 0. The van der Waals surface area contributed by atoms with E-state index in [1.54, 1.807) is 0 Å². The van der Waals surface area contributed by atoms with Crippen LogP contribution in [0.3, 0.4) is 0 Å². The molecule has 0 radical (unpaired) electrons. The number of rotatable bonds is 0. The van der Waals surface area contributed by atoms with Gasteiger partial charge in [0.05, 0.1) is 0 Å². The zero-order chi connectivity index (χ0) is 9.97. The van der Waals surface area contributed by atoms with Crippen LogP contribution in [-0.4, -0.2) is 0 Å². The number of fused-ring (bicyclic) bond motifs is 1. The van der Waals surface area contributed by atoms with Crippen LogP contribution < -0.4 is 0 Å². The van der Waals surface area contributed by atoms with Gasteiger partial charge in [0.15, 0.2) is 0 Å². The van der Waals surface area contributed by atoms with Crippen molar-refractivity contribution in [2.45, 2.75) is 12.8 Å². The van der Waals surface area contributed by atoms with Crippen molar-refractivity contribution in [2.75, 3.05) is 0 Å². The van der Waals surface area contributed by atoms with E-state index in [2.05, 4.69) is 62.1 Å². The van der Waals surface area contributed by atoms with Gasteiger partial charge in [-0.1, -0.05) is 62.1 Å². The van der Waals surface area contributed by atoms with E-state index in [1.165, 1.54) is 16.7 Å². The number of hydrogen-bond acceptors (Lipinski definition) is 0. The zero-order valence-corrected chi connectivity index (χ0v) is 8.40. The molecular formula is C14H14. The summed E-state index contributed by atoms with van der Waals surface area (Å²) < 4.78 is 0. The fraction of sp³-hybridized carbons (Fsp3) is 0.143. The highest BCUT2D eigenvalue weighted by Gasteiger charge is 2.10. The molecule has 1 aromatic rings. The zero-order valence-electron chi connectivity index (χ0n) is 8.40. The minimum absolute atomic E-state index is 0.410. The summed E-state index contributed by atoms with van der Waals surface area (Å²) in [5.41, 5.74) is 3.82. The minimum Gasteiger partial charge on any atom is -0.0952 e. The van der Waals surface area contributed by atoms with Crippen LogP contribution in [0.15, 0.2) is 54.6 Å². The Balaban J connectivity index is 2.57. The van der Waals surface area contributed by atoms with Gasteiger partial charge in [-0.2, -0.15) is 0 Å². The van der Waals surface area contributed by atoms with Crippen molar-refractivity contribution in [2.24, 2.45) is 0 Å². The Kier molecular flexibility index (Phi) is 2.36. The first-order valence-corrected chi connectivity index (χ1v) is 4.91. The van der Waals surface area contributed by atoms with Crippen LogP contribution in [0.1, 0.15) is 24.0 Å². The van der Waals surface area contributed by atoms with E-state index < -0.39 is 0 Å². The normalized spacial score (nSPS) is 24.6. The molecule has 0 N–H and O–H groups in total. The SMILES string of the molecule is C=C1/C=C\C=C/c2ccccc2C1C. The Hall–Kier alpha value is -1.56. The van der Waals surface area contributed by atoms with E-state index in [1.807, 2.05) is 0 Å². The maximum atomic E-state index is 4.08. The van der Waals surface area contributed by atoms with Crippen LogP contribution >= 0.6 is 0 Å². The predicted molar refractivity (Wildman–Crippen MR) is 62.2 cm³/mol. The fourth-order valence-electron chi connectivity index (χ4n) is 1.74. The maximum Gasteiger partial charge on any atom is 0.00610 e. The lowest BCUT2D eigenvalue weighted by atomic mass is 9.88. The third-order valence-electron chi connectivity index (χ3n) is 2.72. The van der Waals surface area contributed by atoms with Gasteiger partial charge in [0, 0.05) is 5.92 Å². The highest BCUT2D eigenvalue weighted by atomic mass is 14.1. The van der Waals surface area contributed by atoms with Crippen LogP contribution in [0.25, 0.3) is 6.08 Å². The number of hydrogen-bond donors (Lipinski definition) is 0. The van der Waals surface area contributed by atoms with Gasteiger partial charge in [-0.25, -0.2) is 0 Å². The quantitative estimate of drug-likeness (QED) is 0.570. The van der Waals surface area contributed by atoms with Gasteiger partial charge in [-0.05, 0) is 16.7 Å². The fourth-order valence-corrected chi connectivity index (χ4v) is 1.74. The summed E-state index contributed by atoms with van der Waals surface area (Å²) >= 11 is 0. The van der Waals surface area contributed by atoms with Gasteiger partial charge < -0.3 is 0 Å². The molecule has 0 saturated heterocycles. The lowest BCUT2D eigenvalue weighted by molar-refractivity contribution is 0.922. The summed E-state index contributed by atoms with van der Waals surface area (Å²) in [6.45, 7) is 6.27. The Morgan fingerprint density at radius 3 is 2.64 bits per heavy atom. The standard InChI is InChI=1S/C14H14/c1-11-7-3-4-8-13-9-5-6-10-14(13)12(11)2/h3-10,12H,1H2,2H3/b7-3-,8-4-. The molecule has 1 atom stereocenters. The second kappa shape index (κ2) is 3.67. The van der Waals surface area contributed by atoms with Crippen molar-refractivity contribution in [3.8, 4) is 0 Å². The largest absolute Gasteiger partial charge is 0.0952 e. The van der Waals surface area contributed by atoms with Gasteiger partial charge in [-0.3, -0.25) is 0 Å². The topological polar surface area (TPSA) is 0 Å². The molecule has 0 heterocycles. The molecule has 0 aromatic heterocycles. The van der Waals surface area contributed by atoms with Gasteiger partial charge in [-0.15, -0.1) is 0 Å². The lowest BCUT2D eigenvalue weighted by Crippen LogP contribution is -1.98. The van der Waals surface area contributed by atoms with Crippen molar-refractivity contribution in [1.82, 2.24) is 0 Å². The lowest BCUT2D eigenvalue weighted by Gasteiger charge is -2.16. The average Bonchev–Trinajstić information content (AvgIpc) is 2.22. The first kappa shape index (κ1) is 9.01. The monoisotopic (exact) mass is 182 g/mol. The van der Waals surface area contributed by atoms with Crippen LogP contribution in [0.4, 0.5) is 0 Å². The van der Waals surface area contributed by atoms with Crippen LogP contribution in [0.5, 0.6) is 0 Å². The molecule has 14 heavy (non-hydrogen) atoms. The molecule has 0 nitrogen and oxygen atoms in total. The summed E-state index contributed by atoms with van der Waals surface area (Å²) in [5, 5.41) is 0. The molecular weight excluding hydrogens is 168 g/mol. The summed E-state index contributed by atoms with van der Waals surface area (Å²) in [4.78, 5) is 0. The summed E-state index contributed by atoms with van der Waals surface area (Å²) in [6, 6.07) is 8.48. The van der Waals surface area contributed by atoms with E-state index in [4.69, 9.17) is 0 Å². The highest BCUT2D eigenvalue weighted by molar-refractivity contribution is 5.59. The van der Waals surface area contributed by atoms with Gasteiger partial charge in [0.1, 0.15) is 0 Å². The van der Waals surface area contributed by atoms with Gasteiger partial charge >= 0.3 is 0 Å². The maximum absolute atomic E-state index is 4.08. The Morgan fingerprint density at radius 2 is 1.79 bits per heavy atom. The van der Waals surface area contributed by atoms with Crippen molar-refractivity contribution < 1.29 is 0 Å². The van der Waals surface area contributed by atoms with Crippen LogP contribution in [-0.2, 0) is 0 Å². The molecule has 0 fully saturated rings.